The number of aromatic hydroxyl groups is 1. The maximum absolute atomic E-state index is 12.4. The van der Waals surface area contributed by atoms with E-state index in [1.54, 1.807) is 12.1 Å². The highest BCUT2D eigenvalue weighted by molar-refractivity contribution is 6.10. The van der Waals surface area contributed by atoms with Gasteiger partial charge >= 0.3 is 0 Å². The number of carbonyl (C=O) groups is 1. The number of aromatic amines is 1. The number of fused-ring (bicyclic) bond motifs is 1. The van der Waals surface area contributed by atoms with Crippen LogP contribution in [0.5, 0.6) is 17.2 Å². The molecule has 3 rings (SSSR count). The minimum atomic E-state index is -0.321. The van der Waals surface area contributed by atoms with Crippen LogP contribution in [0.1, 0.15) is 15.9 Å². The Morgan fingerprint density at radius 3 is 2.67 bits per heavy atom. The van der Waals surface area contributed by atoms with E-state index >= 15 is 0 Å². The number of methoxy groups -OCH3 is 2. The Morgan fingerprint density at radius 2 is 1.92 bits per heavy atom. The van der Waals surface area contributed by atoms with E-state index in [1.165, 1.54) is 26.4 Å². The van der Waals surface area contributed by atoms with Crippen molar-refractivity contribution >= 4 is 22.8 Å². The van der Waals surface area contributed by atoms with E-state index in [1.807, 2.05) is 30.5 Å². The van der Waals surface area contributed by atoms with Gasteiger partial charge in [0.2, 0.25) is 5.75 Å². The van der Waals surface area contributed by atoms with Crippen LogP contribution >= 0.6 is 0 Å². The summed E-state index contributed by atoms with van der Waals surface area (Å²) in [6.45, 7) is 0. The fourth-order valence-corrected chi connectivity index (χ4v) is 2.60. The maximum Gasteiger partial charge on any atom is 0.203 e. The smallest absolute Gasteiger partial charge is 0.203 e. The van der Waals surface area contributed by atoms with E-state index in [9.17, 15) is 9.90 Å². The molecule has 0 atom stereocenters. The van der Waals surface area contributed by atoms with Gasteiger partial charge in [-0.1, -0.05) is 18.2 Å². The summed E-state index contributed by atoms with van der Waals surface area (Å²) in [5, 5.41) is 11.3. The predicted molar refractivity (Wildman–Crippen MR) is 92.9 cm³/mol. The van der Waals surface area contributed by atoms with Crippen molar-refractivity contribution in [3.05, 3.63) is 59.8 Å². The van der Waals surface area contributed by atoms with Crippen LogP contribution in [-0.4, -0.2) is 30.1 Å². The number of nitrogens with one attached hydrogen (secondary N) is 1. The number of hydrogen-bond donors (Lipinski definition) is 2. The highest BCUT2D eigenvalue weighted by Crippen LogP contribution is 2.39. The van der Waals surface area contributed by atoms with Crippen molar-refractivity contribution < 1.29 is 19.4 Å². The summed E-state index contributed by atoms with van der Waals surface area (Å²) in [6, 6.07) is 10.9. The molecule has 0 spiro atoms. The average molecular weight is 323 g/mol. The van der Waals surface area contributed by atoms with Gasteiger partial charge in [0.15, 0.2) is 17.3 Å². The molecule has 2 aromatic carbocycles. The summed E-state index contributed by atoms with van der Waals surface area (Å²) in [5.74, 6) is -0.0415. The van der Waals surface area contributed by atoms with E-state index < -0.39 is 0 Å². The van der Waals surface area contributed by atoms with Crippen LogP contribution in [0.2, 0.25) is 0 Å². The summed E-state index contributed by atoms with van der Waals surface area (Å²) >= 11 is 0. The third-order valence-corrected chi connectivity index (χ3v) is 3.82. The molecule has 0 saturated heterocycles. The Morgan fingerprint density at radius 1 is 1.12 bits per heavy atom. The van der Waals surface area contributed by atoms with E-state index in [4.69, 9.17) is 9.47 Å². The van der Waals surface area contributed by atoms with Crippen LogP contribution in [0.15, 0.2) is 48.7 Å². The zero-order valence-electron chi connectivity index (χ0n) is 13.4. The Labute approximate surface area is 139 Å². The lowest BCUT2D eigenvalue weighted by Crippen LogP contribution is -1.99. The quantitative estimate of drug-likeness (QED) is 0.553. The lowest BCUT2D eigenvalue weighted by Gasteiger charge is -2.11. The normalized spacial score (nSPS) is 11.1. The zero-order chi connectivity index (χ0) is 17.1. The second-order valence-corrected chi connectivity index (χ2v) is 5.18. The van der Waals surface area contributed by atoms with E-state index in [0.717, 1.165) is 16.5 Å². The number of ether oxygens (including phenoxy) is 2. The average Bonchev–Trinajstić information content (AvgIpc) is 3.02. The van der Waals surface area contributed by atoms with Gasteiger partial charge in [-0.25, -0.2) is 0 Å². The minimum absolute atomic E-state index is 0.142. The number of phenolic OH excluding ortho intramolecular Hbond substituents is 1. The van der Waals surface area contributed by atoms with E-state index in [0.29, 0.717) is 5.75 Å². The van der Waals surface area contributed by atoms with Gasteiger partial charge in [0.05, 0.1) is 19.8 Å². The molecule has 5 nitrogen and oxygen atoms in total. The number of para-hydroxylation sites is 1. The number of allylic oxidation sites excluding steroid dienone is 1. The lowest BCUT2D eigenvalue weighted by atomic mass is 10.1. The fourth-order valence-electron chi connectivity index (χ4n) is 2.60. The van der Waals surface area contributed by atoms with Crippen LogP contribution in [0.3, 0.4) is 0 Å². The third kappa shape index (κ3) is 2.72. The van der Waals surface area contributed by atoms with Gasteiger partial charge in [0.25, 0.3) is 0 Å². The molecule has 0 fully saturated rings. The van der Waals surface area contributed by atoms with Gasteiger partial charge in [-0.05, 0) is 35.9 Å². The number of aromatic nitrogens is 1. The van der Waals surface area contributed by atoms with Crippen LogP contribution in [0.25, 0.3) is 17.0 Å². The number of hydrogen-bond acceptors (Lipinski definition) is 4. The van der Waals surface area contributed by atoms with Gasteiger partial charge in [0, 0.05) is 17.1 Å². The standard InChI is InChI=1S/C19H17NO4/c1-23-17-10-8-14(18(22)19(17)24-2)16(21)9-7-12-11-20-15-6-4-3-5-13(12)15/h3-11,20,22H,1-2H3/b9-7+. The first-order chi connectivity index (χ1) is 11.7. The molecule has 0 saturated carbocycles. The molecule has 0 amide bonds. The molecule has 0 unspecified atom stereocenters. The lowest BCUT2D eigenvalue weighted by molar-refractivity contribution is 0.104. The zero-order valence-corrected chi connectivity index (χ0v) is 13.4. The Bertz CT molecular complexity index is 924. The first-order valence-corrected chi connectivity index (χ1v) is 7.38. The van der Waals surface area contributed by atoms with Gasteiger partial charge in [0.1, 0.15) is 0 Å². The van der Waals surface area contributed by atoms with Crippen molar-refractivity contribution in [2.45, 2.75) is 0 Å². The van der Waals surface area contributed by atoms with Crippen LogP contribution < -0.4 is 9.47 Å². The number of H-pyrrole nitrogens is 1. The first kappa shape index (κ1) is 15.7. The molecule has 0 radical (unpaired) electrons. The number of carbonyl (C=O) groups excluding carboxylic acids is 1. The molecule has 122 valence electrons. The van der Waals surface area contributed by atoms with Crippen molar-refractivity contribution in [2.75, 3.05) is 14.2 Å². The summed E-state index contributed by atoms with van der Waals surface area (Å²) in [5.41, 5.74) is 2.06. The molecular formula is C19H17NO4. The predicted octanol–water partition coefficient (Wildman–Crippen LogP) is 3.79. The Hall–Kier alpha value is -3.21. The van der Waals surface area contributed by atoms with Crippen molar-refractivity contribution in [1.82, 2.24) is 4.98 Å². The minimum Gasteiger partial charge on any atom is -0.504 e. The Balaban J connectivity index is 1.92. The number of ketones is 1. The fraction of sp³-hybridized carbons (Fsp3) is 0.105. The second-order valence-electron chi connectivity index (χ2n) is 5.18. The van der Waals surface area contributed by atoms with E-state index in [2.05, 4.69) is 4.98 Å². The highest BCUT2D eigenvalue weighted by Gasteiger charge is 2.17. The molecule has 0 aliphatic heterocycles. The van der Waals surface area contributed by atoms with Gasteiger partial charge < -0.3 is 19.6 Å². The third-order valence-electron chi connectivity index (χ3n) is 3.82. The summed E-state index contributed by atoms with van der Waals surface area (Å²) in [6.07, 6.45) is 4.98. The monoisotopic (exact) mass is 323 g/mol. The van der Waals surface area contributed by atoms with Crippen LogP contribution in [-0.2, 0) is 0 Å². The van der Waals surface area contributed by atoms with Crippen molar-refractivity contribution in [1.29, 1.82) is 0 Å². The summed E-state index contributed by atoms with van der Waals surface area (Å²) in [7, 11) is 2.88. The van der Waals surface area contributed by atoms with Crippen molar-refractivity contribution in [3.8, 4) is 17.2 Å². The Kier molecular flexibility index (Phi) is 4.24. The molecule has 24 heavy (non-hydrogen) atoms. The van der Waals surface area contributed by atoms with Gasteiger partial charge in [-0.2, -0.15) is 0 Å². The molecular weight excluding hydrogens is 306 g/mol. The number of benzene rings is 2. The van der Waals surface area contributed by atoms with Crippen molar-refractivity contribution in [2.24, 2.45) is 0 Å². The summed E-state index contributed by atoms with van der Waals surface area (Å²) < 4.78 is 10.2. The van der Waals surface area contributed by atoms with Gasteiger partial charge in [-0.15, -0.1) is 0 Å². The highest BCUT2D eigenvalue weighted by atomic mass is 16.5. The van der Waals surface area contributed by atoms with Gasteiger partial charge in [-0.3, -0.25) is 4.79 Å². The molecule has 3 aromatic rings. The first-order valence-electron chi connectivity index (χ1n) is 7.38. The maximum atomic E-state index is 12.4. The van der Waals surface area contributed by atoms with Crippen molar-refractivity contribution in [3.63, 3.8) is 0 Å². The largest absolute Gasteiger partial charge is 0.504 e. The molecule has 0 aliphatic rings. The topological polar surface area (TPSA) is 71.6 Å². The molecule has 0 aliphatic carbocycles. The molecule has 2 N–H and O–H groups in total. The molecule has 1 heterocycles. The van der Waals surface area contributed by atoms with Crippen LogP contribution in [0.4, 0.5) is 0 Å². The van der Waals surface area contributed by atoms with Crippen LogP contribution in [0, 0.1) is 0 Å². The summed E-state index contributed by atoms with van der Waals surface area (Å²) in [4.78, 5) is 15.6. The molecule has 1 aromatic heterocycles. The molecule has 0 bridgehead atoms. The number of phenols is 1. The van der Waals surface area contributed by atoms with E-state index in [-0.39, 0.29) is 22.8 Å². The molecule has 5 heteroatoms. The second kappa shape index (κ2) is 6.50. The number of rotatable bonds is 5. The SMILES string of the molecule is COc1ccc(C(=O)/C=C/c2c[nH]c3ccccc23)c(O)c1OC.